The Hall–Kier alpha value is -0.380. The van der Waals surface area contributed by atoms with Crippen molar-refractivity contribution in [3.63, 3.8) is 0 Å². The lowest BCUT2D eigenvalue weighted by Crippen LogP contribution is -2.27. The fourth-order valence-corrected chi connectivity index (χ4v) is 4.05. The second-order valence-electron chi connectivity index (χ2n) is 5.43. The maximum Gasteiger partial charge on any atom is 0.0299 e. The molecule has 0 bridgehead atoms. The van der Waals surface area contributed by atoms with E-state index in [0.29, 0.717) is 0 Å². The number of thiophene rings is 1. The molecule has 1 aliphatic rings. The molecule has 2 nitrogen and oxygen atoms in total. The minimum atomic E-state index is 1.07. The Labute approximate surface area is 122 Å². The average molecular weight is 280 g/mol. The largest absolute Gasteiger partial charge is 0.312 e. The Morgan fingerprint density at radius 2 is 2.00 bits per heavy atom. The van der Waals surface area contributed by atoms with Gasteiger partial charge in [0.2, 0.25) is 0 Å². The quantitative estimate of drug-likeness (QED) is 0.734. The molecule has 0 aromatic carbocycles. The van der Waals surface area contributed by atoms with Crippen LogP contribution in [0.5, 0.6) is 0 Å². The van der Waals surface area contributed by atoms with E-state index in [-0.39, 0.29) is 0 Å². The molecule has 108 valence electrons. The summed E-state index contributed by atoms with van der Waals surface area (Å²) in [5, 5.41) is 3.60. The molecular formula is C16H28N2S. The van der Waals surface area contributed by atoms with Gasteiger partial charge in [-0.2, -0.15) is 0 Å². The lowest BCUT2D eigenvalue weighted by atomic mass is 9.99. The van der Waals surface area contributed by atoms with E-state index in [1.807, 2.05) is 11.3 Å². The summed E-state index contributed by atoms with van der Waals surface area (Å²) in [5.41, 5.74) is 1.64. The Morgan fingerprint density at radius 1 is 1.21 bits per heavy atom. The van der Waals surface area contributed by atoms with Crippen molar-refractivity contribution in [2.75, 3.05) is 26.2 Å². The van der Waals surface area contributed by atoms with E-state index < -0.39 is 0 Å². The number of rotatable bonds is 8. The van der Waals surface area contributed by atoms with Crippen molar-refractivity contribution < 1.29 is 0 Å². The van der Waals surface area contributed by atoms with Crippen LogP contribution in [0.15, 0.2) is 6.07 Å². The van der Waals surface area contributed by atoms with Crippen molar-refractivity contribution in [3.8, 4) is 0 Å². The van der Waals surface area contributed by atoms with E-state index in [1.165, 1.54) is 56.6 Å². The van der Waals surface area contributed by atoms with Crippen LogP contribution in [0.2, 0.25) is 0 Å². The summed E-state index contributed by atoms with van der Waals surface area (Å²) >= 11 is 2.04. The monoisotopic (exact) mass is 280 g/mol. The molecule has 19 heavy (non-hydrogen) atoms. The van der Waals surface area contributed by atoms with E-state index in [4.69, 9.17) is 0 Å². The first-order valence-electron chi connectivity index (χ1n) is 7.87. The highest BCUT2D eigenvalue weighted by atomic mass is 32.1. The molecule has 0 saturated heterocycles. The van der Waals surface area contributed by atoms with Gasteiger partial charge in [-0.05, 0) is 69.9 Å². The van der Waals surface area contributed by atoms with E-state index in [2.05, 4.69) is 30.1 Å². The fraction of sp³-hybridized carbons (Fsp3) is 0.750. The van der Waals surface area contributed by atoms with Crippen LogP contribution in [0.1, 0.15) is 48.4 Å². The predicted molar refractivity (Wildman–Crippen MR) is 85.1 cm³/mol. The van der Waals surface area contributed by atoms with Crippen LogP contribution in [0, 0.1) is 0 Å². The molecular weight excluding hydrogens is 252 g/mol. The van der Waals surface area contributed by atoms with Gasteiger partial charge in [0, 0.05) is 16.3 Å². The number of hydrogen-bond acceptors (Lipinski definition) is 3. The van der Waals surface area contributed by atoms with Crippen LogP contribution in [0.3, 0.4) is 0 Å². The maximum absolute atomic E-state index is 3.60. The first-order chi connectivity index (χ1) is 9.33. The minimum Gasteiger partial charge on any atom is -0.312 e. The number of aryl methyl sites for hydroxylation is 2. The summed E-state index contributed by atoms with van der Waals surface area (Å²) in [7, 11) is 0. The molecule has 1 heterocycles. The maximum atomic E-state index is 3.60. The number of hydrogen-bond donors (Lipinski definition) is 1. The van der Waals surface area contributed by atoms with Gasteiger partial charge >= 0.3 is 0 Å². The van der Waals surface area contributed by atoms with Crippen LogP contribution >= 0.6 is 11.3 Å². The van der Waals surface area contributed by atoms with Crippen molar-refractivity contribution >= 4 is 11.3 Å². The van der Waals surface area contributed by atoms with E-state index in [0.717, 1.165) is 13.1 Å². The van der Waals surface area contributed by atoms with Crippen molar-refractivity contribution in [2.24, 2.45) is 0 Å². The number of nitrogens with one attached hydrogen (secondary N) is 1. The normalized spacial score (nSPS) is 14.9. The van der Waals surface area contributed by atoms with Gasteiger partial charge in [-0.25, -0.2) is 0 Å². The fourth-order valence-electron chi connectivity index (χ4n) is 2.82. The molecule has 2 rings (SSSR count). The molecule has 1 aliphatic carbocycles. The SMILES string of the molecule is CCN(CC)CCCNCc1cc2c(s1)CCCC2. The van der Waals surface area contributed by atoms with Gasteiger partial charge in [-0.1, -0.05) is 13.8 Å². The highest BCUT2D eigenvalue weighted by Gasteiger charge is 2.12. The second-order valence-corrected chi connectivity index (χ2v) is 6.65. The molecule has 1 aromatic heterocycles. The predicted octanol–water partition coefficient (Wildman–Crippen LogP) is 3.45. The molecule has 1 N–H and O–H groups in total. The summed E-state index contributed by atoms with van der Waals surface area (Å²) < 4.78 is 0. The van der Waals surface area contributed by atoms with E-state index in [1.54, 1.807) is 10.4 Å². The van der Waals surface area contributed by atoms with Crippen LogP contribution in [-0.4, -0.2) is 31.1 Å². The number of fused-ring (bicyclic) bond motifs is 1. The zero-order valence-corrected chi connectivity index (χ0v) is 13.3. The summed E-state index contributed by atoms with van der Waals surface area (Å²) in [5.74, 6) is 0. The number of nitrogens with zero attached hydrogens (tertiary/aromatic N) is 1. The van der Waals surface area contributed by atoms with Crippen molar-refractivity contribution in [1.82, 2.24) is 10.2 Å². The zero-order chi connectivity index (χ0) is 13.5. The van der Waals surface area contributed by atoms with E-state index in [9.17, 15) is 0 Å². The van der Waals surface area contributed by atoms with Gasteiger partial charge in [0.05, 0.1) is 0 Å². The van der Waals surface area contributed by atoms with E-state index >= 15 is 0 Å². The summed E-state index contributed by atoms with van der Waals surface area (Å²) in [4.78, 5) is 5.69. The molecule has 0 fully saturated rings. The molecule has 1 aromatic rings. The Kier molecular flexibility index (Phi) is 6.35. The van der Waals surface area contributed by atoms with Gasteiger partial charge < -0.3 is 10.2 Å². The molecule has 0 unspecified atom stereocenters. The first kappa shape index (κ1) is 15.0. The highest BCUT2D eigenvalue weighted by Crippen LogP contribution is 2.29. The van der Waals surface area contributed by atoms with Crippen LogP contribution in [-0.2, 0) is 19.4 Å². The van der Waals surface area contributed by atoms with Gasteiger partial charge in [-0.3, -0.25) is 0 Å². The van der Waals surface area contributed by atoms with Crippen LogP contribution in [0.4, 0.5) is 0 Å². The summed E-state index contributed by atoms with van der Waals surface area (Å²) in [6.45, 7) is 10.3. The lowest BCUT2D eigenvalue weighted by molar-refractivity contribution is 0.298. The standard InChI is InChI=1S/C16H28N2S/c1-3-18(4-2)11-7-10-17-13-15-12-14-8-5-6-9-16(14)19-15/h12,17H,3-11,13H2,1-2H3. The third-order valence-corrected chi connectivity index (χ3v) is 5.31. The van der Waals surface area contributed by atoms with Crippen LogP contribution < -0.4 is 5.32 Å². The summed E-state index contributed by atoms with van der Waals surface area (Å²) in [6, 6.07) is 2.44. The Balaban J connectivity index is 1.64. The van der Waals surface area contributed by atoms with Gasteiger partial charge in [-0.15, -0.1) is 11.3 Å². The Bertz CT molecular complexity index is 345. The summed E-state index contributed by atoms with van der Waals surface area (Å²) in [6.07, 6.45) is 6.67. The van der Waals surface area contributed by atoms with Crippen molar-refractivity contribution in [2.45, 2.75) is 52.5 Å². The highest BCUT2D eigenvalue weighted by molar-refractivity contribution is 7.12. The smallest absolute Gasteiger partial charge is 0.0299 e. The molecule has 0 amide bonds. The van der Waals surface area contributed by atoms with Crippen molar-refractivity contribution in [3.05, 3.63) is 21.4 Å². The molecule has 0 saturated carbocycles. The third kappa shape index (κ3) is 4.59. The van der Waals surface area contributed by atoms with Crippen LogP contribution in [0.25, 0.3) is 0 Å². The topological polar surface area (TPSA) is 15.3 Å². The minimum absolute atomic E-state index is 1.07. The van der Waals surface area contributed by atoms with Gasteiger partial charge in [0.25, 0.3) is 0 Å². The van der Waals surface area contributed by atoms with Gasteiger partial charge in [0.15, 0.2) is 0 Å². The molecule has 0 atom stereocenters. The molecule has 0 radical (unpaired) electrons. The van der Waals surface area contributed by atoms with Gasteiger partial charge in [0.1, 0.15) is 0 Å². The Morgan fingerprint density at radius 3 is 2.74 bits per heavy atom. The first-order valence-corrected chi connectivity index (χ1v) is 8.68. The van der Waals surface area contributed by atoms with Crippen molar-refractivity contribution in [1.29, 1.82) is 0 Å². The zero-order valence-electron chi connectivity index (χ0n) is 12.5. The molecule has 0 spiro atoms. The molecule has 3 heteroatoms. The lowest BCUT2D eigenvalue weighted by Gasteiger charge is -2.17. The average Bonchev–Trinajstić information content (AvgIpc) is 2.85. The molecule has 0 aliphatic heterocycles. The third-order valence-electron chi connectivity index (χ3n) is 4.07. The second kappa shape index (κ2) is 8.03.